The summed E-state index contributed by atoms with van der Waals surface area (Å²) < 4.78 is 11.1. The maximum atomic E-state index is 11.2. The van der Waals surface area contributed by atoms with Crippen LogP contribution in [0.5, 0.6) is 5.75 Å². The summed E-state index contributed by atoms with van der Waals surface area (Å²) in [6.07, 6.45) is 1.14. The Kier molecular flexibility index (Phi) is 5.59. The van der Waals surface area contributed by atoms with Crippen LogP contribution >= 0.6 is 22.6 Å². The number of carbonyl (C=O) groups excluding carboxylic acids is 1. The zero-order valence-corrected chi connectivity index (χ0v) is 11.6. The Hall–Kier alpha value is -0.780. The first-order chi connectivity index (χ1) is 7.67. The van der Waals surface area contributed by atoms with Gasteiger partial charge in [-0.1, -0.05) is 6.07 Å². The standard InChI is InChI=1S/C12H15IO3/c1-3-16-12(14)7-5-9-4-6-10(15-2)8-11(9)13/h4,6,8H,3,5,7H2,1-2H3. The monoisotopic (exact) mass is 334 g/mol. The predicted molar refractivity (Wildman–Crippen MR) is 70.7 cm³/mol. The smallest absolute Gasteiger partial charge is 0.306 e. The van der Waals surface area contributed by atoms with Crippen LogP contribution in [-0.2, 0) is 16.0 Å². The van der Waals surface area contributed by atoms with E-state index in [-0.39, 0.29) is 5.97 Å². The molecule has 1 rings (SSSR count). The van der Waals surface area contributed by atoms with E-state index < -0.39 is 0 Å². The normalized spacial score (nSPS) is 9.94. The van der Waals surface area contributed by atoms with E-state index in [1.165, 1.54) is 0 Å². The maximum absolute atomic E-state index is 11.2. The van der Waals surface area contributed by atoms with Crippen LogP contribution in [0.4, 0.5) is 0 Å². The van der Waals surface area contributed by atoms with Gasteiger partial charge in [-0.2, -0.15) is 0 Å². The lowest BCUT2D eigenvalue weighted by atomic mass is 10.1. The summed E-state index contributed by atoms with van der Waals surface area (Å²) in [6, 6.07) is 5.85. The second-order valence-corrected chi connectivity index (χ2v) is 4.42. The number of methoxy groups -OCH3 is 1. The lowest BCUT2D eigenvalue weighted by molar-refractivity contribution is -0.143. The fraction of sp³-hybridized carbons (Fsp3) is 0.417. The number of aryl methyl sites for hydroxylation is 1. The highest BCUT2D eigenvalue weighted by atomic mass is 127. The lowest BCUT2D eigenvalue weighted by Gasteiger charge is -2.06. The van der Waals surface area contributed by atoms with Crippen molar-refractivity contribution < 1.29 is 14.3 Å². The molecule has 4 heteroatoms. The maximum Gasteiger partial charge on any atom is 0.306 e. The van der Waals surface area contributed by atoms with Crippen LogP contribution in [0.3, 0.4) is 0 Å². The molecule has 0 fully saturated rings. The predicted octanol–water partition coefficient (Wildman–Crippen LogP) is 2.80. The van der Waals surface area contributed by atoms with E-state index >= 15 is 0 Å². The summed E-state index contributed by atoms with van der Waals surface area (Å²) in [5.74, 6) is 0.693. The molecule has 0 bridgehead atoms. The molecule has 16 heavy (non-hydrogen) atoms. The average Bonchev–Trinajstić information content (AvgIpc) is 2.27. The van der Waals surface area contributed by atoms with Gasteiger partial charge in [-0.05, 0) is 53.6 Å². The molecular weight excluding hydrogens is 319 g/mol. The van der Waals surface area contributed by atoms with E-state index in [9.17, 15) is 4.79 Å². The number of hydrogen-bond donors (Lipinski definition) is 0. The van der Waals surface area contributed by atoms with Gasteiger partial charge >= 0.3 is 5.97 Å². The van der Waals surface area contributed by atoms with Crippen molar-refractivity contribution in [1.82, 2.24) is 0 Å². The molecule has 3 nitrogen and oxygen atoms in total. The minimum absolute atomic E-state index is 0.144. The van der Waals surface area contributed by atoms with Crippen molar-refractivity contribution in [3.05, 3.63) is 27.3 Å². The number of esters is 1. The van der Waals surface area contributed by atoms with Gasteiger partial charge in [0.25, 0.3) is 0 Å². The molecule has 0 spiro atoms. The van der Waals surface area contributed by atoms with Crippen molar-refractivity contribution in [2.45, 2.75) is 19.8 Å². The van der Waals surface area contributed by atoms with Crippen LogP contribution in [0.2, 0.25) is 0 Å². The van der Waals surface area contributed by atoms with Crippen molar-refractivity contribution in [1.29, 1.82) is 0 Å². The van der Waals surface area contributed by atoms with Crippen molar-refractivity contribution in [2.75, 3.05) is 13.7 Å². The van der Waals surface area contributed by atoms with E-state index in [0.717, 1.165) is 14.9 Å². The van der Waals surface area contributed by atoms with Gasteiger partial charge in [-0.25, -0.2) is 0 Å². The first-order valence-electron chi connectivity index (χ1n) is 5.15. The Morgan fingerprint density at radius 1 is 1.44 bits per heavy atom. The first kappa shape index (κ1) is 13.3. The number of ether oxygens (including phenoxy) is 2. The fourth-order valence-corrected chi connectivity index (χ4v) is 2.08. The second kappa shape index (κ2) is 6.73. The van der Waals surface area contributed by atoms with Crippen LogP contribution in [0.15, 0.2) is 18.2 Å². The number of benzene rings is 1. The quantitative estimate of drug-likeness (QED) is 0.614. The van der Waals surface area contributed by atoms with Gasteiger partial charge in [-0.3, -0.25) is 4.79 Å². The molecule has 0 N–H and O–H groups in total. The third-order valence-corrected chi connectivity index (χ3v) is 3.17. The number of rotatable bonds is 5. The Morgan fingerprint density at radius 3 is 2.75 bits per heavy atom. The molecule has 0 radical (unpaired) electrons. The van der Waals surface area contributed by atoms with Crippen molar-refractivity contribution in [3.63, 3.8) is 0 Å². The molecule has 0 amide bonds. The molecule has 0 heterocycles. The zero-order valence-electron chi connectivity index (χ0n) is 9.46. The van der Waals surface area contributed by atoms with Crippen LogP contribution in [-0.4, -0.2) is 19.7 Å². The minimum Gasteiger partial charge on any atom is -0.497 e. The molecule has 0 aliphatic heterocycles. The Balaban J connectivity index is 2.57. The number of carbonyl (C=O) groups is 1. The van der Waals surface area contributed by atoms with Gasteiger partial charge in [0.2, 0.25) is 0 Å². The Labute approximate surface area is 109 Å². The number of halogens is 1. The second-order valence-electron chi connectivity index (χ2n) is 3.26. The highest BCUT2D eigenvalue weighted by Gasteiger charge is 2.06. The average molecular weight is 334 g/mol. The van der Waals surface area contributed by atoms with Crippen LogP contribution < -0.4 is 4.74 Å². The summed E-state index contributed by atoms with van der Waals surface area (Å²) in [7, 11) is 1.64. The molecule has 0 saturated carbocycles. The van der Waals surface area contributed by atoms with E-state index in [0.29, 0.717) is 19.4 Å². The van der Waals surface area contributed by atoms with Gasteiger partial charge in [0.15, 0.2) is 0 Å². The summed E-state index contributed by atoms with van der Waals surface area (Å²) in [5.41, 5.74) is 1.15. The topological polar surface area (TPSA) is 35.5 Å². The largest absolute Gasteiger partial charge is 0.497 e. The fourth-order valence-electron chi connectivity index (χ4n) is 1.33. The zero-order chi connectivity index (χ0) is 12.0. The van der Waals surface area contributed by atoms with E-state index in [1.54, 1.807) is 7.11 Å². The summed E-state index contributed by atoms with van der Waals surface area (Å²) in [5, 5.41) is 0. The molecule has 0 unspecified atom stereocenters. The van der Waals surface area contributed by atoms with Gasteiger partial charge in [0.1, 0.15) is 5.75 Å². The van der Waals surface area contributed by atoms with E-state index in [2.05, 4.69) is 22.6 Å². The SMILES string of the molecule is CCOC(=O)CCc1ccc(OC)cc1I. The molecule has 0 aliphatic rings. The third-order valence-electron chi connectivity index (χ3n) is 2.16. The molecule has 0 aliphatic carbocycles. The van der Waals surface area contributed by atoms with Gasteiger partial charge in [0, 0.05) is 9.99 Å². The molecule has 88 valence electrons. The molecule has 0 saturated heterocycles. The van der Waals surface area contributed by atoms with Gasteiger partial charge in [0.05, 0.1) is 13.7 Å². The van der Waals surface area contributed by atoms with Crippen molar-refractivity contribution in [3.8, 4) is 5.75 Å². The molecule has 1 aromatic rings. The van der Waals surface area contributed by atoms with Crippen molar-refractivity contribution >= 4 is 28.6 Å². The summed E-state index contributed by atoms with van der Waals surface area (Å²) in [4.78, 5) is 11.2. The summed E-state index contributed by atoms with van der Waals surface area (Å²) >= 11 is 2.25. The molecule has 1 aromatic carbocycles. The van der Waals surface area contributed by atoms with E-state index in [4.69, 9.17) is 9.47 Å². The first-order valence-corrected chi connectivity index (χ1v) is 6.23. The highest BCUT2D eigenvalue weighted by molar-refractivity contribution is 14.1. The summed E-state index contributed by atoms with van der Waals surface area (Å²) in [6.45, 7) is 2.26. The van der Waals surface area contributed by atoms with E-state index in [1.807, 2.05) is 25.1 Å². The molecular formula is C12H15IO3. The molecule has 0 aromatic heterocycles. The third kappa shape index (κ3) is 4.00. The minimum atomic E-state index is -0.144. The van der Waals surface area contributed by atoms with Crippen LogP contribution in [0.1, 0.15) is 18.9 Å². The van der Waals surface area contributed by atoms with Gasteiger partial charge in [-0.15, -0.1) is 0 Å². The van der Waals surface area contributed by atoms with Crippen molar-refractivity contribution in [2.24, 2.45) is 0 Å². The Bertz CT molecular complexity index is 363. The van der Waals surface area contributed by atoms with Crippen LogP contribution in [0, 0.1) is 3.57 Å². The highest BCUT2D eigenvalue weighted by Crippen LogP contribution is 2.20. The number of hydrogen-bond acceptors (Lipinski definition) is 3. The Morgan fingerprint density at radius 2 is 2.19 bits per heavy atom. The van der Waals surface area contributed by atoms with Gasteiger partial charge < -0.3 is 9.47 Å². The molecule has 0 atom stereocenters. The van der Waals surface area contributed by atoms with Crippen LogP contribution in [0.25, 0.3) is 0 Å². The lowest BCUT2D eigenvalue weighted by Crippen LogP contribution is -2.05.